The lowest BCUT2D eigenvalue weighted by atomic mass is 10.2. The van der Waals surface area contributed by atoms with Crippen LogP contribution in [0.2, 0.25) is 0 Å². The van der Waals surface area contributed by atoms with E-state index in [1.165, 1.54) is 11.3 Å². The van der Waals surface area contributed by atoms with E-state index in [-0.39, 0.29) is 11.5 Å². The Morgan fingerprint density at radius 2 is 2.28 bits per heavy atom. The van der Waals surface area contributed by atoms with Crippen molar-refractivity contribution in [2.75, 3.05) is 0 Å². The number of aromatic nitrogens is 2. The fourth-order valence-corrected chi connectivity index (χ4v) is 4.75. The first kappa shape index (κ1) is 16.5. The molecule has 4 rings (SSSR count). The lowest BCUT2D eigenvalue weighted by Crippen LogP contribution is -2.23. The van der Waals surface area contributed by atoms with Crippen LogP contribution < -0.4 is 10.9 Å². The number of fused-ring (bicyclic) bond motifs is 2. The maximum absolute atomic E-state index is 12.7. The molecule has 1 aromatic carbocycles. The molecule has 0 bridgehead atoms. The molecular weight excluding hydrogens is 402 g/mol. The number of nitrogens with one attached hydrogen (secondary N) is 1. The fourth-order valence-electron chi connectivity index (χ4n) is 3.20. The summed E-state index contributed by atoms with van der Waals surface area (Å²) < 4.78 is 2.72. The summed E-state index contributed by atoms with van der Waals surface area (Å²) >= 11 is 4.73. The van der Waals surface area contributed by atoms with Gasteiger partial charge in [-0.05, 0) is 36.6 Å². The van der Waals surface area contributed by atoms with Gasteiger partial charge in [-0.15, -0.1) is 11.3 Å². The van der Waals surface area contributed by atoms with Crippen LogP contribution in [0.4, 0.5) is 0 Å². The van der Waals surface area contributed by atoms with Crippen molar-refractivity contribution in [1.29, 1.82) is 0 Å². The molecular formula is C18H16BrN3O2S. The molecule has 0 spiro atoms. The molecule has 1 aliphatic rings. The molecule has 128 valence electrons. The second kappa shape index (κ2) is 6.38. The molecule has 0 saturated carbocycles. The number of carbonyl (C=O) groups excluding carboxylic acids is 1. The van der Waals surface area contributed by atoms with Crippen LogP contribution in [0.3, 0.4) is 0 Å². The second-order valence-corrected chi connectivity index (χ2v) is 8.05. The highest BCUT2D eigenvalue weighted by Crippen LogP contribution is 2.28. The number of carbonyl (C=O) groups is 1. The predicted octanol–water partition coefficient (Wildman–Crippen LogP) is 3.41. The van der Waals surface area contributed by atoms with Crippen molar-refractivity contribution in [3.63, 3.8) is 0 Å². The van der Waals surface area contributed by atoms with Crippen LogP contribution in [0.25, 0.3) is 10.2 Å². The predicted molar refractivity (Wildman–Crippen MR) is 102 cm³/mol. The number of benzene rings is 1. The molecule has 0 atom stereocenters. The summed E-state index contributed by atoms with van der Waals surface area (Å²) in [6.07, 6.45) is 1.78. The Hall–Kier alpha value is -1.99. The van der Waals surface area contributed by atoms with Gasteiger partial charge in [-0.3, -0.25) is 14.2 Å². The smallest absolute Gasteiger partial charge is 0.262 e. The molecule has 2 aromatic heterocycles. The van der Waals surface area contributed by atoms with Gasteiger partial charge in [0.05, 0.1) is 10.3 Å². The van der Waals surface area contributed by atoms with E-state index in [4.69, 9.17) is 0 Å². The number of rotatable bonds is 3. The Morgan fingerprint density at radius 3 is 3.08 bits per heavy atom. The van der Waals surface area contributed by atoms with Gasteiger partial charge in [0.25, 0.3) is 11.5 Å². The van der Waals surface area contributed by atoms with Crippen LogP contribution in [0.1, 0.15) is 33.0 Å². The minimum atomic E-state index is -0.162. The summed E-state index contributed by atoms with van der Waals surface area (Å²) in [7, 11) is 0. The number of nitrogens with zero attached hydrogens (tertiary/aromatic N) is 2. The molecule has 3 heterocycles. The topological polar surface area (TPSA) is 64.0 Å². The third-order valence-corrected chi connectivity index (χ3v) is 6.14. The molecule has 1 aliphatic heterocycles. The summed E-state index contributed by atoms with van der Waals surface area (Å²) in [6.45, 7) is 2.99. The van der Waals surface area contributed by atoms with Crippen molar-refractivity contribution in [2.45, 2.75) is 32.9 Å². The Labute approximate surface area is 156 Å². The van der Waals surface area contributed by atoms with Crippen LogP contribution in [0.5, 0.6) is 0 Å². The Morgan fingerprint density at radius 1 is 1.44 bits per heavy atom. The largest absolute Gasteiger partial charge is 0.347 e. The minimum Gasteiger partial charge on any atom is -0.347 e. The van der Waals surface area contributed by atoms with E-state index in [1.807, 2.05) is 31.2 Å². The van der Waals surface area contributed by atoms with Crippen molar-refractivity contribution in [3.05, 3.63) is 60.9 Å². The van der Waals surface area contributed by atoms with Crippen molar-refractivity contribution in [1.82, 2.24) is 14.9 Å². The average molecular weight is 418 g/mol. The van der Waals surface area contributed by atoms with E-state index in [0.29, 0.717) is 21.6 Å². The third-order valence-electron chi connectivity index (χ3n) is 4.46. The number of hydrogen-bond donors (Lipinski definition) is 1. The number of halogens is 1. The minimum absolute atomic E-state index is 0.0164. The normalized spacial score (nSPS) is 13.2. The zero-order valence-corrected chi connectivity index (χ0v) is 16.0. The zero-order valence-electron chi connectivity index (χ0n) is 13.6. The van der Waals surface area contributed by atoms with Crippen LogP contribution in [-0.4, -0.2) is 15.5 Å². The van der Waals surface area contributed by atoms with Crippen LogP contribution in [0.15, 0.2) is 33.5 Å². The Bertz CT molecular complexity index is 1050. The second-order valence-electron chi connectivity index (χ2n) is 6.14. The fraction of sp³-hybridized carbons (Fsp3) is 0.278. The van der Waals surface area contributed by atoms with Crippen molar-refractivity contribution >= 4 is 43.4 Å². The lowest BCUT2D eigenvalue weighted by molar-refractivity contribution is 0.0954. The Balaban J connectivity index is 1.65. The molecule has 5 nitrogen and oxygen atoms in total. The quantitative estimate of drug-likeness (QED) is 0.709. The summed E-state index contributed by atoms with van der Waals surface area (Å²) in [4.78, 5) is 31.1. The number of amides is 1. The highest BCUT2D eigenvalue weighted by atomic mass is 79.9. The molecule has 3 aromatic rings. The van der Waals surface area contributed by atoms with Gasteiger partial charge in [0.1, 0.15) is 10.7 Å². The number of aryl methyl sites for hydroxylation is 2. The highest BCUT2D eigenvalue weighted by Gasteiger charge is 2.23. The van der Waals surface area contributed by atoms with Gasteiger partial charge < -0.3 is 5.32 Å². The van der Waals surface area contributed by atoms with Gasteiger partial charge in [-0.1, -0.05) is 28.1 Å². The van der Waals surface area contributed by atoms with Crippen molar-refractivity contribution < 1.29 is 4.79 Å². The third kappa shape index (κ3) is 2.91. The van der Waals surface area contributed by atoms with E-state index >= 15 is 0 Å². The van der Waals surface area contributed by atoms with E-state index in [9.17, 15) is 9.59 Å². The molecule has 0 radical (unpaired) electrons. The first-order valence-corrected chi connectivity index (χ1v) is 9.71. The summed E-state index contributed by atoms with van der Waals surface area (Å²) in [5, 5.41) is 3.52. The number of thiophene rings is 1. The van der Waals surface area contributed by atoms with Crippen LogP contribution >= 0.6 is 27.3 Å². The molecule has 1 amide bonds. The first-order chi connectivity index (χ1) is 12.0. The molecule has 25 heavy (non-hydrogen) atoms. The summed E-state index contributed by atoms with van der Waals surface area (Å²) in [6, 6.07) is 7.81. The standard InChI is InChI=1S/C18H16BrN3O2S/c1-10-14-17(21-13-6-3-7-22(13)18(14)24)25-15(10)16(23)20-9-11-4-2-5-12(19)8-11/h2,4-5,8H,3,6-7,9H2,1H3,(H,20,23). The van der Waals surface area contributed by atoms with Crippen LogP contribution in [-0.2, 0) is 19.5 Å². The van der Waals surface area contributed by atoms with Gasteiger partial charge in [-0.2, -0.15) is 0 Å². The average Bonchev–Trinajstić information content (AvgIpc) is 3.18. The van der Waals surface area contributed by atoms with E-state index < -0.39 is 0 Å². The van der Waals surface area contributed by atoms with Crippen molar-refractivity contribution in [2.24, 2.45) is 0 Å². The highest BCUT2D eigenvalue weighted by molar-refractivity contribution is 9.10. The van der Waals surface area contributed by atoms with E-state index in [0.717, 1.165) is 40.8 Å². The maximum atomic E-state index is 12.7. The Kier molecular flexibility index (Phi) is 4.21. The van der Waals surface area contributed by atoms with E-state index in [2.05, 4.69) is 26.2 Å². The summed E-state index contributed by atoms with van der Waals surface area (Å²) in [5.74, 6) is 0.671. The first-order valence-electron chi connectivity index (χ1n) is 8.10. The summed E-state index contributed by atoms with van der Waals surface area (Å²) in [5.41, 5.74) is 1.72. The maximum Gasteiger partial charge on any atom is 0.262 e. The monoisotopic (exact) mass is 417 g/mol. The van der Waals surface area contributed by atoms with Gasteiger partial charge >= 0.3 is 0 Å². The molecule has 0 saturated heterocycles. The lowest BCUT2D eigenvalue weighted by Gasteiger charge is -2.05. The van der Waals surface area contributed by atoms with Gasteiger partial charge in [0.15, 0.2) is 0 Å². The van der Waals surface area contributed by atoms with E-state index in [1.54, 1.807) is 4.57 Å². The van der Waals surface area contributed by atoms with Gasteiger partial charge in [0, 0.05) is 24.0 Å². The molecule has 0 fully saturated rings. The van der Waals surface area contributed by atoms with Gasteiger partial charge in [0.2, 0.25) is 0 Å². The molecule has 1 N–H and O–H groups in total. The zero-order chi connectivity index (χ0) is 17.6. The SMILES string of the molecule is Cc1c(C(=O)NCc2cccc(Br)c2)sc2nc3n(c(=O)c12)CCC3. The van der Waals surface area contributed by atoms with Crippen molar-refractivity contribution in [3.8, 4) is 0 Å². The van der Waals surface area contributed by atoms with Crippen LogP contribution in [0, 0.1) is 6.92 Å². The molecule has 0 aliphatic carbocycles. The van der Waals surface area contributed by atoms with Gasteiger partial charge in [-0.25, -0.2) is 4.98 Å². The molecule has 0 unspecified atom stereocenters. The molecule has 7 heteroatoms. The number of hydrogen-bond acceptors (Lipinski definition) is 4.